The lowest BCUT2D eigenvalue weighted by Crippen LogP contribution is -2.66. The predicted molar refractivity (Wildman–Crippen MR) is 175 cm³/mol. The van der Waals surface area contributed by atoms with Gasteiger partial charge in [0.25, 0.3) is 0 Å². The van der Waals surface area contributed by atoms with E-state index in [1.807, 2.05) is 0 Å². The van der Waals surface area contributed by atoms with Crippen molar-refractivity contribution >= 4 is 11.9 Å². The second kappa shape index (κ2) is 10.6. The van der Waals surface area contributed by atoms with E-state index in [4.69, 9.17) is 4.74 Å². The van der Waals surface area contributed by atoms with Gasteiger partial charge in [-0.1, -0.05) is 71.1 Å². The van der Waals surface area contributed by atoms with Gasteiger partial charge in [-0.15, -0.1) is 0 Å². The molecular weight excluding hydrogens is 544 g/mol. The van der Waals surface area contributed by atoms with E-state index in [-0.39, 0.29) is 34.7 Å². The maximum absolute atomic E-state index is 13.0. The predicted octanol–water partition coefficient (Wildman–Crippen LogP) is 9.31. The van der Waals surface area contributed by atoms with Crippen molar-refractivity contribution in [1.82, 2.24) is 0 Å². The molecule has 1 aromatic rings. The molecule has 5 aliphatic rings. The van der Waals surface area contributed by atoms with E-state index in [0.717, 1.165) is 24.3 Å². The normalized spacial score (nSPS) is 42.4. The van der Waals surface area contributed by atoms with E-state index in [2.05, 4.69) is 76.8 Å². The minimum absolute atomic E-state index is 0.0876. The molecule has 5 unspecified atom stereocenters. The summed E-state index contributed by atoms with van der Waals surface area (Å²) in [6.07, 6.45) is 13.2. The van der Waals surface area contributed by atoms with Crippen LogP contribution in [0.3, 0.4) is 0 Å². The number of carbonyl (C=O) groups is 2. The molecule has 5 aliphatic carbocycles. The largest absolute Gasteiger partial charge is 0.481 e. The molecule has 1 aromatic carbocycles. The van der Waals surface area contributed by atoms with E-state index in [1.54, 1.807) is 13.8 Å². The highest BCUT2D eigenvalue weighted by Gasteiger charge is 2.70. The molecule has 0 heterocycles. The minimum Gasteiger partial charge on any atom is -0.481 e. The van der Waals surface area contributed by atoms with Gasteiger partial charge in [-0.2, -0.15) is 0 Å². The Morgan fingerprint density at radius 2 is 1.57 bits per heavy atom. The zero-order chi connectivity index (χ0) is 31.8. The summed E-state index contributed by atoms with van der Waals surface area (Å²) in [5, 5.41) is 9.55. The Morgan fingerprint density at radius 3 is 2.27 bits per heavy atom. The van der Waals surface area contributed by atoms with Gasteiger partial charge in [0.2, 0.25) is 0 Å². The third-order valence-corrected chi connectivity index (χ3v) is 15.0. The third-order valence-electron chi connectivity index (χ3n) is 15.0. The van der Waals surface area contributed by atoms with Crippen LogP contribution >= 0.6 is 0 Å². The van der Waals surface area contributed by atoms with Crippen molar-refractivity contribution in [2.45, 2.75) is 132 Å². The van der Waals surface area contributed by atoms with Gasteiger partial charge in [0, 0.05) is 16.4 Å². The van der Waals surface area contributed by atoms with Crippen LogP contribution in [0.5, 0.6) is 0 Å². The first-order valence-electron chi connectivity index (χ1n) is 17.6. The van der Waals surface area contributed by atoms with E-state index < -0.39 is 11.4 Å². The highest BCUT2D eigenvalue weighted by molar-refractivity contribution is 5.81. The number of carboxylic acid groups (broad SMARTS) is 1. The smallest absolute Gasteiger partial charge is 0.309 e. The first kappa shape index (κ1) is 31.7. The monoisotopic (exact) mass is 600 g/mol. The molecule has 9 atom stereocenters. The third kappa shape index (κ3) is 4.69. The number of esters is 1. The van der Waals surface area contributed by atoms with Crippen LogP contribution in [0.25, 0.3) is 0 Å². The Bertz CT molecular complexity index is 1350. The molecule has 0 aromatic heterocycles. The second-order valence-electron chi connectivity index (χ2n) is 17.6. The number of aliphatic carboxylic acids is 1. The van der Waals surface area contributed by atoms with Crippen molar-refractivity contribution in [3.8, 4) is 11.8 Å². The minimum atomic E-state index is -1.12. The van der Waals surface area contributed by atoms with Crippen LogP contribution in [0.15, 0.2) is 30.3 Å². The van der Waals surface area contributed by atoms with Gasteiger partial charge >= 0.3 is 11.9 Å². The van der Waals surface area contributed by atoms with E-state index >= 15 is 0 Å². The molecule has 0 aliphatic heterocycles. The van der Waals surface area contributed by atoms with Crippen molar-refractivity contribution < 1.29 is 19.4 Å². The van der Waals surface area contributed by atoms with Crippen molar-refractivity contribution in [2.75, 3.05) is 0 Å². The molecule has 4 nitrogen and oxygen atoms in total. The van der Waals surface area contributed by atoms with Crippen LogP contribution in [-0.4, -0.2) is 23.1 Å². The van der Waals surface area contributed by atoms with Gasteiger partial charge in [0.05, 0.1) is 11.8 Å². The molecule has 5 saturated carbocycles. The molecular formula is C40H56O4. The second-order valence-corrected chi connectivity index (χ2v) is 17.6. The molecule has 0 bridgehead atoms. The van der Waals surface area contributed by atoms with E-state index in [9.17, 15) is 14.7 Å². The van der Waals surface area contributed by atoms with Crippen molar-refractivity contribution in [1.29, 1.82) is 0 Å². The molecule has 0 amide bonds. The summed E-state index contributed by atoms with van der Waals surface area (Å²) in [6.45, 7) is 15.8. The summed E-state index contributed by atoms with van der Waals surface area (Å²) < 4.78 is 6.15. The lowest BCUT2D eigenvalue weighted by Gasteiger charge is -2.72. The maximum atomic E-state index is 13.0. The highest BCUT2D eigenvalue weighted by Crippen LogP contribution is 2.76. The zero-order valence-electron chi connectivity index (χ0n) is 28.4. The number of carbonyl (C=O) groups excluding carboxylic acids is 1. The lowest BCUT2D eigenvalue weighted by molar-refractivity contribution is -0.245. The number of ether oxygens (including phenoxy) is 1. The fourth-order valence-corrected chi connectivity index (χ4v) is 12.3. The fraction of sp³-hybridized carbons (Fsp3) is 0.750. The molecule has 0 saturated heterocycles. The van der Waals surface area contributed by atoms with Crippen LogP contribution in [-0.2, 0) is 14.3 Å². The molecule has 5 fully saturated rings. The van der Waals surface area contributed by atoms with Gasteiger partial charge in [0.1, 0.15) is 6.10 Å². The lowest BCUT2D eigenvalue weighted by atomic mass is 9.32. The van der Waals surface area contributed by atoms with Crippen LogP contribution in [0.2, 0.25) is 0 Å². The molecule has 44 heavy (non-hydrogen) atoms. The van der Waals surface area contributed by atoms with Crippen molar-refractivity contribution in [3.63, 3.8) is 0 Å². The standard InChI is InChI=1S/C40H56O4/c1-35(2,34(42)43)26-33(41)44-32-19-21-37(5)30(36(32,3)4)18-22-39(7)31(37)16-15-28-29-14-11-20-40(29,25-24-38(28,39)6)23-17-27-12-9-8-10-13-27/h8-10,12-13,28-32H,11,14-16,18-22,24-26H2,1-7H3,(H,42,43)/t28?,29?,30?,31?,32-,37-,38+,39+,40?/m0/s1. The summed E-state index contributed by atoms with van der Waals surface area (Å²) in [5.41, 5.74) is 0.914. The van der Waals surface area contributed by atoms with Gasteiger partial charge in [0.15, 0.2) is 0 Å². The first-order chi connectivity index (χ1) is 20.6. The number of benzene rings is 1. The summed E-state index contributed by atoms with van der Waals surface area (Å²) in [7, 11) is 0. The summed E-state index contributed by atoms with van der Waals surface area (Å²) >= 11 is 0. The maximum Gasteiger partial charge on any atom is 0.309 e. The van der Waals surface area contributed by atoms with Crippen molar-refractivity contribution in [2.24, 2.45) is 56.2 Å². The summed E-state index contributed by atoms with van der Waals surface area (Å²) in [4.78, 5) is 24.6. The Hall–Kier alpha value is -2.28. The average molecular weight is 601 g/mol. The highest BCUT2D eigenvalue weighted by atomic mass is 16.5. The van der Waals surface area contributed by atoms with Crippen molar-refractivity contribution in [3.05, 3.63) is 35.9 Å². The van der Waals surface area contributed by atoms with Crippen LogP contribution in [0.4, 0.5) is 0 Å². The molecule has 6 rings (SSSR count). The molecule has 4 heteroatoms. The Morgan fingerprint density at radius 1 is 0.841 bits per heavy atom. The summed E-state index contributed by atoms with van der Waals surface area (Å²) in [6, 6.07) is 10.6. The SMILES string of the molecule is CC(C)(CC(=O)O[C@H]1CC[C@@]2(C)C(CC[C@]3(C)C2CCC2C4CCCC4(C#Cc4ccccc4)CC[C@]23C)C1(C)C)C(=O)O. The molecule has 1 N–H and O–H groups in total. The van der Waals surface area contributed by atoms with Gasteiger partial charge in [-0.25, -0.2) is 0 Å². The molecule has 0 radical (unpaired) electrons. The number of carboxylic acids is 1. The van der Waals surface area contributed by atoms with E-state index in [1.165, 1.54) is 57.8 Å². The van der Waals surface area contributed by atoms with E-state index in [0.29, 0.717) is 28.6 Å². The number of rotatable bonds is 4. The van der Waals surface area contributed by atoms with Gasteiger partial charge < -0.3 is 9.84 Å². The van der Waals surface area contributed by atoms with Gasteiger partial charge in [-0.3, -0.25) is 9.59 Å². The Labute approximate surface area is 266 Å². The summed E-state index contributed by atoms with van der Waals surface area (Å²) in [5.74, 6) is 8.83. The number of hydrogen-bond donors (Lipinski definition) is 1. The average Bonchev–Trinajstić information content (AvgIpc) is 3.38. The van der Waals surface area contributed by atoms with Crippen LogP contribution in [0.1, 0.15) is 131 Å². The zero-order valence-corrected chi connectivity index (χ0v) is 28.4. The van der Waals surface area contributed by atoms with Crippen LogP contribution in [0, 0.1) is 68.0 Å². The first-order valence-corrected chi connectivity index (χ1v) is 17.6. The quantitative estimate of drug-likeness (QED) is 0.276. The van der Waals surface area contributed by atoms with Crippen LogP contribution < -0.4 is 0 Å². The number of hydrogen-bond acceptors (Lipinski definition) is 3. The molecule has 0 spiro atoms. The Balaban J connectivity index is 1.23. The molecule has 240 valence electrons. The topological polar surface area (TPSA) is 63.6 Å². The van der Waals surface area contributed by atoms with Gasteiger partial charge in [-0.05, 0) is 130 Å². The number of fused-ring (bicyclic) bond motifs is 7. The fourth-order valence-electron chi connectivity index (χ4n) is 12.3. The Kier molecular flexibility index (Phi) is 7.66.